The molecule has 8 nitrogen and oxygen atoms in total. The van der Waals surface area contributed by atoms with E-state index in [1.807, 2.05) is 0 Å². The molecule has 0 rings (SSSR count). The zero-order valence-corrected chi connectivity index (χ0v) is 20.4. The second kappa shape index (κ2) is 23.2. The zero-order chi connectivity index (χ0) is 24.6. The van der Waals surface area contributed by atoms with Crippen LogP contribution in [0.5, 0.6) is 0 Å². The number of ether oxygens (including phenoxy) is 3. The highest BCUT2D eigenvalue weighted by Crippen LogP contribution is 2.07. The van der Waals surface area contributed by atoms with Crippen molar-refractivity contribution in [1.82, 2.24) is 0 Å². The summed E-state index contributed by atoms with van der Waals surface area (Å²) in [6.45, 7) is 2.87. The van der Waals surface area contributed by atoms with Crippen molar-refractivity contribution in [1.29, 1.82) is 0 Å². The lowest BCUT2D eigenvalue weighted by molar-refractivity contribution is -0.145. The number of carbonyl (C=O) groups is 4. The van der Waals surface area contributed by atoms with Gasteiger partial charge in [0.05, 0.1) is 19.8 Å². The summed E-state index contributed by atoms with van der Waals surface area (Å²) in [6, 6.07) is 0. The first-order valence-corrected chi connectivity index (χ1v) is 12.5. The Morgan fingerprint density at radius 2 is 0.818 bits per heavy atom. The molecule has 0 aromatic carbocycles. The van der Waals surface area contributed by atoms with Crippen molar-refractivity contribution in [3.63, 3.8) is 0 Å². The first-order valence-electron chi connectivity index (χ1n) is 12.5. The van der Waals surface area contributed by atoms with Crippen molar-refractivity contribution in [2.75, 3.05) is 26.4 Å². The topological polar surface area (TPSA) is 116 Å². The van der Waals surface area contributed by atoms with Crippen molar-refractivity contribution in [2.24, 2.45) is 0 Å². The van der Waals surface area contributed by atoms with E-state index >= 15 is 0 Å². The average Bonchev–Trinajstić information content (AvgIpc) is 2.78. The van der Waals surface area contributed by atoms with Gasteiger partial charge >= 0.3 is 17.9 Å². The van der Waals surface area contributed by atoms with Gasteiger partial charge in [-0.2, -0.15) is 0 Å². The van der Waals surface area contributed by atoms with E-state index in [-0.39, 0.29) is 30.3 Å². The monoisotopic (exact) mass is 472 g/mol. The largest absolute Gasteiger partial charge is 0.466 e. The van der Waals surface area contributed by atoms with Gasteiger partial charge in [-0.1, -0.05) is 6.42 Å². The Hall–Kier alpha value is -1.96. The minimum Gasteiger partial charge on any atom is -0.466 e. The van der Waals surface area contributed by atoms with Crippen LogP contribution in [0.1, 0.15) is 110 Å². The quantitative estimate of drug-likeness (QED) is 0.132. The van der Waals surface area contributed by atoms with E-state index in [0.29, 0.717) is 64.8 Å². The molecule has 0 spiro atoms. The van der Waals surface area contributed by atoms with Crippen LogP contribution >= 0.6 is 0 Å². The molecule has 0 heterocycles. The van der Waals surface area contributed by atoms with Crippen molar-refractivity contribution < 1.29 is 38.5 Å². The fourth-order valence-electron chi connectivity index (χ4n) is 3.08. The summed E-state index contributed by atoms with van der Waals surface area (Å²) in [7, 11) is 0. The number of Topliss-reactive ketones (excluding diaryl/α,β-unsaturated/α-hetero) is 1. The molecule has 1 N–H and O–H groups in total. The molecule has 0 atom stereocenters. The number of hydrogen-bond donors (Lipinski definition) is 1. The Morgan fingerprint density at radius 3 is 1.15 bits per heavy atom. The van der Waals surface area contributed by atoms with Crippen LogP contribution < -0.4 is 0 Å². The molecular formula is C25H44O8. The SMILES string of the molecule is CC(=O)CCCCCOC(=O)CCCCCOC(=O)CCCCCOC(=O)CCCCCO. The summed E-state index contributed by atoms with van der Waals surface area (Å²) in [4.78, 5) is 45.6. The van der Waals surface area contributed by atoms with Crippen LogP contribution in [0.4, 0.5) is 0 Å². The van der Waals surface area contributed by atoms with Gasteiger partial charge in [0.1, 0.15) is 5.78 Å². The van der Waals surface area contributed by atoms with Gasteiger partial charge in [0.2, 0.25) is 0 Å². The Balaban J connectivity index is 3.38. The summed E-state index contributed by atoms with van der Waals surface area (Å²) in [5.41, 5.74) is 0. The van der Waals surface area contributed by atoms with E-state index in [1.165, 1.54) is 0 Å². The van der Waals surface area contributed by atoms with E-state index in [4.69, 9.17) is 19.3 Å². The molecule has 0 aliphatic rings. The van der Waals surface area contributed by atoms with Crippen LogP contribution in [0.25, 0.3) is 0 Å². The van der Waals surface area contributed by atoms with Gasteiger partial charge in [-0.15, -0.1) is 0 Å². The maximum absolute atomic E-state index is 11.7. The number of carbonyl (C=O) groups excluding carboxylic acids is 4. The highest BCUT2D eigenvalue weighted by Gasteiger charge is 2.06. The maximum Gasteiger partial charge on any atom is 0.305 e. The molecular weight excluding hydrogens is 428 g/mol. The Bertz CT molecular complexity index is 532. The van der Waals surface area contributed by atoms with Crippen molar-refractivity contribution in [3.8, 4) is 0 Å². The van der Waals surface area contributed by atoms with Gasteiger partial charge in [0.15, 0.2) is 0 Å². The predicted molar refractivity (Wildman–Crippen MR) is 125 cm³/mol. The van der Waals surface area contributed by atoms with Crippen molar-refractivity contribution in [2.45, 2.75) is 110 Å². The second-order valence-corrected chi connectivity index (χ2v) is 8.33. The third-order valence-corrected chi connectivity index (χ3v) is 5.05. The third-order valence-electron chi connectivity index (χ3n) is 5.05. The van der Waals surface area contributed by atoms with Crippen LogP contribution in [0, 0.1) is 0 Å². The smallest absolute Gasteiger partial charge is 0.305 e. The number of ketones is 1. The van der Waals surface area contributed by atoms with Crippen LogP contribution in [-0.2, 0) is 33.4 Å². The van der Waals surface area contributed by atoms with Gasteiger partial charge in [-0.3, -0.25) is 14.4 Å². The molecule has 0 aromatic heterocycles. The van der Waals surface area contributed by atoms with E-state index in [9.17, 15) is 19.2 Å². The van der Waals surface area contributed by atoms with Crippen LogP contribution in [-0.4, -0.2) is 55.2 Å². The first-order chi connectivity index (χ1) is 16.0. The van der Waals surface area contributed by atoms with Gasteiger partial charge in [-0.05, 0) is 77.6 Å². The van der Waals surface area contributed by atoms with Crippen LogP contribution in [0.3, 0.4) is 0 Å². The molecule has 0 radical (unpaired) electrons. The fraction of sp³-hybridized carbons (Fsp3) is 0.840. The van der Waals surface area contributed by atoms with E-state index in [1.54, 1.807) is 6.92 Å². The molecule has 0 amide bonds. The van der Waals surface area contributed by atoms with Gasteiger partial charge in [0, 0.05) is 32.3 Å². The molecule has 0 saturated heterocycles. The van der Waals surface area contributed by atoms with Gasteiger partial charge in [0.25, 0.3) is 0 Å². The summed E-state index contributed by atoms with van der Waals surface area (Å²) >= 11 is 0. The van der Waals surface area contributed by atoms with Crippen LogP contribution in [0.2, 0.25) is 0 Å². The normalized spacial score (nSPS) is 10.6. The highest BCUT2D eigenvalue weighted by atomic mass is 16.5. The third kappa shape index (κ3) is 24.5. The molecule has 0 unspecified atom stereocenters. The Labute approximate surface area is 198 Å². The molecule has 0 aliphatic carbocycles. The summed E-state index contributed by atoms with van der Waals surface area (Å²) in [6.07, 6.45) is 10.9. The Morgan fingerprint density at radius 1 is 0.485 bits per heavy atom. The van der Waals surface area contributed by atoms with Crippen molar-refractivity contribution >= 4 is 23.7 Å². The molecule has 0 aromatic rings. The molecule has 33 heavy (non-hydrogen) atoms. The minimum absolute atomic E-state index is 0.153. The van der Waals surface area contributed by atoms with E-state index in [0.717, 1.165) is 57.8 Å². The Kier molecular flexibility index (Phi) is 21.8. The lowest BCUT2D eigenvalue weighted by Crippen LogP contribution is -2.08. The number of aliphatic hydroxyl groups excluding tert-OH is 1. The van der Waals surface area contributed by atoms with Crippen LogP contribution in [0.15, 0.2) is 0 Å². The molecule has 0 bridgehead atoms. The zero-order valence-electron chi connectivity index (χ0n) is 20.4. The van der Waals surface area contributed by atoms with E-state index < -0.39 is 0 Å². The van der Waals surface area contributed by atoms with Crippen molar-refractivity contribution in [3.05, 3.63) is 0 Å². The summed E-state index contributed by atoms with van der Waals surface area (Å²) in [5.74, 6) is -0.442. The fourth-order valence-corrected chi connectivity index (χ4v) is 3.08. The molecule has 8 heteroatoms. The molecule has 0 saturated carbocycles. The number of aliphatic hydroxyl groups is 1. The summed E-state index contributed by atoms with van der Waals surface area (Å²) < 4.78 is 15.5. The lowest BCUT2D eigenvalue weighted by atomic mass is 10.1. The average molecular weight is 473 g/mol. The highest BCUT2D eigenvalue weighted by molar-refractivity contribution is 5.75. The number of rotatable bonds is 23. The molecule has 0 aliphatic heterocycles. The predicted octanol–water partition coefficient (Wildman–Crippen LogP) is 4.44. The second-order valence-electron chi connectivity index (χ2n) is 8.33. The van der Waals surface area contributed by atoms with E-state index in [2.05, 4.69) is 0 Å². The minimum atomic E-state index is -0.222. The summed E-state index contributed by atoms with van der Waals surface area (Å²) in [5, 5.41) is 8.68. The first kappa shape index (κ1) is 31.0. The standard InChI is InChI=1S/C25H44O8/c1-22(27)14-6-3-11-19-31-24(29)16-8-5-13-21-33-25(30)17-9-4-12-20-32-23(28)15-7-2-10-18-26/h26H,2-21H2,1H3. The number of esters is 3. The number of unbranched alkanes of at least 4 members (excludes halogenated alkanes) is 8. The maximum atomic E-state index is 11.7. The molecule has 192 valence electrons. The number of hydrogen-bond acceptors (Lipinski definition) is 8. The van der Waals surface area contributed by atoms with Gasteiger partial charge < -0.3 is 24.1 Å². The molecule has 0 fully saturated rings. The lowest BCUT2D eigenvalue weighted by Gasteiger charge is -2.06. The van der Waals surface area contributed by atoms with Gasteiger partial charge in [-0.25, -0.2) is 0 Å².